The van der Waals surface area contributed by atoms with E-state index in [1.807, 2.05) is 13.8 Å². The summed E-state index contributed by atoms with van der Waals surface area (Å²) in [5.74, 6) is -0.547. The van der Waals surface area contributed by atoms with E-state index < -0.39 is 18.2 Å². The van der Waals surface area contributed by atoms with Crippen molar-refractivity contribution >= 4 is 5.97 Å². The first-order valence-corrected chi connectivity index (χ1v) is 4.29. The van der Waals surface area contributed by atoms with Crippen LogP contribution in [0, 0.1) is 0 Å². The van der Waals surface area contributed by atoms with Crippen molar-refractivity contribution in [2.45, 2.75) is 38.6 Å². The Balaban J connectivity index is 0.000000336. The average Bonchev–Trinajstić information content (AvgIpc) is 2.62. The molecule has 70 valence electrons. The zero-order chi connectivity index (χ0) is 9.14. The molecule has 12 heavy (non-hydrogen) atoms. The molecule has 0 aromatic carbocycles. The lowest BCUT2D eigenvalue weighted by Gasteiger charge is -2.05. The molecular formula is C8H14O4. The SMILES string of the molecule is CC.O=C1OC2CCO[C@@H]2[C@@H]1O. The molecule has 0 saturated carbocycles. The van der Waals surface area contributed by atoms with Crippen molar-refractivity contribution in [1.82, 2.24) is 0 Å². The zero-order valence-electron chi connectivity index (χ0n) is 7.32. The molecular weight excluding hydrogens is 160 g/mol. The van der Waals surface area contributed by atoms with Gasteiger partial charge in [0.1, 0.15) is 12.2 Å². The van der Waals surface area contributed by atoms with Gasteiger partial charge in [-0.05, 0) is 0 Å². The van der Waals surface area contributed by atoms with Crippen molar-refractivity contribution in [2.24, 2.45) is 0 Å². The lowest BCUT2D eigenvalue weighted by Crippen LogP contribution is -2.28. The first-order chi connectivity index (χ1) is 5.79. The van der Waals surface area contributed by atoms with E-state index in [-0.39, 0.29) is 6.10 Å². The van der Waals surface area contributed by atoms with E-state index in [0.717, 1.165) is 0 Å². The molecule has 0 spiro atoms. The van der Waals surface area contributed by atoms with E-state index in [0.29, 0.717) is 13.0 Å². The molecule has 0 amide bonds. The molecule has 0 aliphatic carbocycles. The number of carbonyl (C=O) groups excluding carboxylic acids is 1. The minimum atomic E-state index is -1.05. The first kappa shape index (κ1) is 9.48. The van der Waals surface area contributed by atoms with Crippen LogP contribution >= 0.6 is 0 Å². The second kappa shape index (κ2) is 3.87. The quantitative estimate of drug-likeness (QED) is 0.529. The van der Waals surface area contributed by atoms with E-state index >= 15 is 0 Å². The molecule has 0 radical (unpaired) electrons. The average molecular weight is 174 g/mol. The summed E-state index contributed by atoms with van der Waals surface area (Å²) in [6.45, 7) is 4.58. The highest BCUT2D eigenvalue weighted by Crippen LogP contribution is 2.26. The fourth-order valence-corrected chi connectivity index (χ4v) is 1.37. The normalized spacial score (nSPS) is 38.2. The van der Waals surface area contributed by atoms with Gasteiger partial charge < -0.3 is 14.6 Å². The number of ether oxygens (including phenoxy) is 2. The molecule has 1 unspecified atom stereocenters. The monoisotopic (exact) mass is 174 g/mol. The van der Waals surface area contributed by atoms with Gasteiger partial charge in [0.15, 0.2) is 6.10 Å². The highest BCUT2D eigenvalue weighted by atomic mass is 16.6. The second-order valence-corrected chi connectivity index (χ2v) is 2.54. The van der Waals surface area contributed by atoms with Gasteiger partial charge >= 0.3 is 5.97 Å². The van der Waals surface area contributed by atoms with Crippen LogP contribution in [0.25, 0.3) is 0 Å². The Morgan fingerprint density at radius 2 is 2.17 bits per heavy atom. The Bertz CT molecular complexity index is 168. The van der Waals surface area contributed by atoms with Gasteiger partial charge in [-0.3, -0.25) is 0 Å². The van der Waals surface area contributed by atoms with Crippen molar-refractivity contribution in [2.75, 3.05) is 6.61 Å². The zero-order valence-corrected chi connectivity index (χ0v) is 7.32. The van der Waals surface area contributed by atoms with E-state index in [4.69, 9.17) is 14.6 Å². The number of aliphatic hydroxyl groups excluding tert-OH is 1. The Morgan fingerprint density at radius 3 is 2.75 bits per heavy atom. The molecule has 2 aliphatic heterocycles. The fourth-order valence-electron chi connectivity index (χ4n) is 1.37. The maximum absolute atomic E-state index is 10.6. The van der Waals surface area contributed by atoms with Crippen LogP contribution in [0.5, 0.6) is 0 Å². The summed E-state index contributed by atoms with van der Waals surface area (Å²) in [5, 5.41) is 9.07. The third kappa shape index (κ3) is 1.44. The second-order valence-electron chi connectivity index (χ2n) is 2.54. The maximum atomic E-state index is 10.6. The molecule has 2 fully saturated rings. The minimum absolute atomic E-state index is 0.192. The summed E-state index contributed by atoms with van der Waals surface area (Å²) in [6, 6.07) is 0. The summed E-state index contributed by atoms with van der Waals surface area (Å²) in [4.78, 5) is 10.6. The standard InChI is InChI=1S/C6H8O4.C2H6/c7-4-5-3(1-2-9-5)10-6(4)8;1-2/h3-5,7H,1-2H2;1-2H3/t3?,4-,5-;/m0./s1. The van der Waals surface area contributed by atoms with Gasteiger partial charge in [-0.2, -0.15) is 0 Å². The van der Waals surface area contributed by atoms with Gasteiger partial charge in [-0.1, -0.05) is 13.8 Å². The van der Waals surface area contributed by atoms with E-state index in [1.165, 1.54) is 0 Å². The molecule has 0 aromatic heterocycles. The van der Waals surface area contributed by atoms with Crippen LogP contribution in [0.4, 0.5) is 0 Å². The molecule has 4 nitrogen and oxygen atoms in total. The number of carbonyl (C=O) groups is 1. The smallest absolute Gasteiger partial charge is 0.338 e. The molecule has 1 N–H and O–H groups in total. The van der Waals surface area contributed by atoms with E-state index in [9.17, 15) is 4.79 Å². The van der Waals surface area contributed by atoms with Gasteiger partial charge in [0, 0.05) is 6.42 Å². The molecule has 0 bridgehead atoms. The first-order valence-electron chi connectivity index (χ1n) is 4.29. The molecule has 2 rings (SSSR count). The van der Waals surface area contributed by atoms with Crippen molar-refractivity contribution in [3.8, 4) is 0 Å². The van der Waals surface area contributed by atoms with Gasteiger partial charge in [0.2, 0.25) is 0 Å². The Hall–Kier alpha value is -0.610. The van der Waals surface area contributed by atoms with Crippen LogP contribution in [0.1, 0.15) is 20.3 Å². The maximum Gasteiger partial charge on any atom is 0.338 e. The molecule has 2 heterocycles. The van der Waals surface area contributed by atoms with Crippen molar-refractivity contribution in [3.05, 3.63) is 0 Å². The summed E-state index contributed by atoms with van der Waals surface area (Å²) in [5.41, 5.74) is 0. The molecule has 0 aromatic rings. The third-order valence-corrected chi connectivity index (χ3v) is 1.90. The van der Waals surface area contributed by atoms with E-state index in [2.05, 4.69) is 0 Å². The Morgan fingerprint density at radius 1 is 1.50 bits per heavy atom. The fraction of sp³-hybridized carbons (Fsp3) is 0.875. The van der Waals surface area contributed by atoms with Crippen LogP contribution in [0.15, 0.2) is 0 Å². The number of aliphatic hydroxyl groups is 1. The van der Waals surface area contributed by atoms with Crippen LogP contribution < -0.4 is 0 Å². The number of esters is 1. The highest BCUT2D eigenvalue weighted by molar-refractivity contribution is 5.77. The molecule has 2 aliphatic rings. The summed E-state index contributed by atoms with van der Waals surface area (Å²) < 4.78 is 9.85. The lowest BCUT2D eigenvalue weighted by atomic mass is 10.1. The van der Waals surface area contributed by atoms with Crippen LogP contribution in [0.2, 0.25) is 0 Å². The van der Waals surface area contributed by atoms with E-state index in [1.54, 1.807) is 0 Å². The topological polar surface area (TPSA) is 55.8 Å². The van der Waals surface area contributed by atoms with Crippen LogP contribution in [0.3, 0.4) is 0 Å². The number of fused-ring (bicyclic) bond motifs is 1. The third-order valence-electron chi connectivity index (χ3n) is 1.90. The van der Waals surface area contributed by atoms with Crippen molar-refractivity contribution < 1.29 is 19.4 Å². The van der Waals surface area contributed by atoms with Crippen molar-refractivity contribution in [1.29, 1.82) is 0 Å². The molecule has 3 atom stereocenters. The minimum Gasteiger partial charge on any atom is -0.457 e. The Labute approximate surface area is 71.5 Å². The van der Waals surface area contributed by atoms with Crippen molar-refractivity contribution in [3.63, 3.8) is 0 Å². The predicted molar refractivity (Wildman–Crippen MR) is 41.6 cm³/mol. The lowest BCUT2D eigenvalue weighted by molar-refractivity contribution is -0.148. The number of hydrogen-bond donors (Lipinski definition) is 1. The summed E-state index contributed by atoms with van der Waals surface area (Å²) in [7, 11) is 0. The highest BCUT2D eigenvalue weighted by Gasteiger charge is 2.47. The van der Waals surface area contributed by atoms with Gasteiger partial charge in [-0.25, -0.2) is 4.79 Å². The predicted octanol–water partition coefficient (Wildman–Crippen LogP) is 0.0878. The Kier molecular flexibility index (Phi) is 3.05. The van der Waals surface area contributed by atoms with Gasteiger partial charge in [0.25, 0.3) is 0 Å². The number of hydrogen-bond acceptors (Lipinski definition) is 4. The summed E-state index contributed by atoms with van der Waals surface area (Å²) >= 11 is 0. The van der Waals surface area contributed by atoms with Gasteiger partial charge in [0.05, 0.1) is 6.61 Å². The number of rotatable bonds is 0. The molecule has 2 saturated heterocycles. The van der Waals surface area contributed by atoms with Gasteiger partial charge in [-0.15, -0.1) is 0 Å². The largest absolute Gasteiger partial charge is 0.457 e. The summed E-state index contributed by atoms with van der Waals surface area (Å²) in [6.07, 6.45) is -0.921. The van der Waals surface area contributed by atoms with Crippen LogP contribution in [-0.2, 0) is 14.3 Å². The molecule has 4 heteroatoms. The van der Waals surface area contributed by atoms with Crippen LogP contribution in [-0.4, -0.2) is 36.0 Å².